The predicted octanol–water partition coefficient (Wildman–Crippen LogP) is 5.52. The number of azide groups is 1. The van der Waals surface area contributed by atoms with Crippen LogP contribution in [0.1, 0.15) is 78.1 Å². The number of aliphatic hydroxyl groups is 1. The van der Waals surface area contributed by atoms with Gasteiger partial charge in [0.1, 0.15) is 5.60 Å². The summed E-state index contributed by atoms with van der Waals surface area (Å²) in [4.78, 5) is 2.79. The average Bonchev–Trinajstić information content (AvgIpc) is 3.34. The van der Waals surface area contributed by atoms with E-state index in [1.165, 1.54) is 6.42 Å². The number of unbranched alkanes of at least 4 members (excludes halogenated alkanes) is 1. The molecule has 0 unspecified atom stereocenters. The maximum absolute atomic E-state index is 11.7. The van der Waals surface area contributed by atoms with E-state index >= 15 is 0 Å². The summed E-state index contributed by atoms with van der Waals surface area (Å²) in [6.07, 6.45) is 12.2. The molecule has 0 amide bonds. The summed E-state index contributed by atoms with van der Waals surface area (Å²) in [5, 5.41) is 15.2. The minimum Gasteiger partial charge on any atom is -0.377 e. The summed E-state index contributed by atoms with van der Waals surface area (Å²) in [5.74, 6) is 7.98. The number of rotatable bonds is 3. The smallest absolute Gasteiger partial charge is 0.172 e. The van der Waals surface area contributed by atoms with Gasteiger partial charge in [-0.05, 0) is 73.6 Å². The summed E-state index contributed by atoms with van der Waals surface area (Å²) < 4.78 is 12.1. The zero-order chi connectivity index (χ0) is 22.5. The molecule has 174 valence electrons. The van der Waals surface area contributed by atoms with Gasteiger partial charge in [0.15, 0.2) is 5.79 Å². The third-order valence-corrected chi connectivity index (χ3v) is 9.99. The SMILES string of the molecule is C[C@]12CCC3(CC1=CC[C@@H]1[C@@H]2CC[C@@]2(C)[C@H]1CC[C@@]2(O)C#CCCCN=[N+]=[N-])OCCO3. The Morgan fingerprint density at radius 3 is 2.72 bits per heavy atom. The molecule has 5 aliphatic rings. The Balaban J connectivity index is 1.34. The average molecular weight is 440 g/mol. The molecule has 6 atom stereocenters. The largest absolute Gasteiger partial charge is 0.377 e. The molecule has 1 N–H and O–H groups in total. The van der Waals surface area contributed by atoms with Crippen LogP contribution < -0.4 is 0 Å². The molecule has 6 heteroatoms. The van der Waals surface area contributed by atoms with E-state index in [0.717, 1.165) is 64.6 Å². The fourth-order valence-corrected chi connectivity index (χ4v) is 8.06. The normalized spacial score (nSPS) is 43.8. The molecule has 0 radical (unpaired) electrons. The first kappa shape index (κ1) is 22.3. The molecular formula is C26H37N3O3. The maximum atomic E-state index is 11.7. The van der Waals surface area contributed by atoms with Gasteiger partial charge in [0.2, 0.25) is 0 Å². The van der Waals surface area contributed by atoms with E-state index in [-0.39, 0.29) is 16.6 Å². The number of hydrogen-bond donors (Lipinski definition) is 1. The van der Waals surface area contributed by atoms with Gasteiger partial charge in [0.05, 0.1) is 13.2 Å². The highest BCUT2D eigenvalue weighted by Gasteiger charge is 2.64. The summed E-state index contributed by atoms with van der Waals surface area (Å²) >= 11 is 0. The van der Waals surface area contributed by atoms with Crippen LogP contribution in [0.3, 0.4) is 0 Å². The Morgan fingerprint density at radius 2 is 1.94 bits per heavy atom. The van der Waals surface area contributed by atoms with E-state index in [0.29, 0.717) is 30.7 Å². The number of ether oxygens (including phenoxy) is 2. The first-order valence-electron chi connectivity index (χ1n) is 12.6. The van der Waals surface area contributed by atoms with Crippen LogP contribution in [0.4, 0.5) is 0 Å². The van der Waals surface area contributed by atoms with Crippen molar-refractivity contribution >= 4 is 0 Å². The minimum atomic E-state index is -0.895. The number of hydrogen-bond acceptors (Lipinski definition) is 4. The van der Waals surface area contributed by atoms with Crippen molar-refractivity contribution in [3.05, 3.63) is 22.1 Å². The van der Waals surface area contributed by atoms with Crippen molar-refractivity contribution in [2.45, 2.75) is 89.4 Å². The van der Waals surface area contributed by atoms with Gasteiger partial charge in [-0.3, -0.25) is 0 Å². The lowest BCUT2D eigenvalue weighted by Crippen LogP contribution is -2.55. The standard InChI is InChI=1S/C26H37N3O3/c1-23-13-14-26(31-16-17-32-26)18-19(23)6-7-20-21(23)8-11-24(2)22(20)9-12-25(24,30)10-4-3-5-15-28-29-27/h6,20-22,30H,3,5,7-9,11-18H2,1-2H3/t20-,21+,22+,23+,24+,25+/m1/s1. The Kier molecular flexibility index (Phi) is 5.62. The Bertz CT molecular complexity index is 894. The molecule has 0 aromatic carbocycles. The Hall–Kier alpha value is -1.51. The first-order valence-corrected chi connectivity index (χ1v) is 12.6. The summed E-state index contributed by atoms with van der Waals surface area (Å²) in [6.45, 7) is 6.71. The zero-order valence-corrected chi connectivity index (χ0v) is 19.6. The number of fused-ring (bicyclic) bond motifs is 5. The van der Waals surface area contributed by atoms with Gasteiger partial charge in [0, 0.05) is 36.1 Å². The molecule has 0 bridgehead atoms. The highest BCUT2D eigenvalue weighted by molar-refractivity contribution is 5.30. The fraction of sp³-hybridized carbons (Fsp3) is 0.846. The van der Waals surface area contributed by atoms with Crippen molar-refractivity contribution in [1.82, 2.24) is 0 Å². The molecule has 6 nitrogen and oxygen atoms in total. The van der Waals surface area contributed by atoms with Crippen LogP contribution in [-0.2, 0) is 9.47 Å². The molecule has 1 aliphatic heterocycles. The molecule has 4 aliphatic carbocycles. The Labute approximate surface area is 191 Å². The quantitative estimate of drug-likeness (QED) is 0.157. The van der Waals surface area contributed by atoms with Crippen LogP contribution >= 0.6 is 0 Å². The van der Waals surface area contributed by atoms with Gasteiger partial charge < -0.3 is 14.6 Å². The van der Waals surface area contributed by atoms with Crippen LogP contribution in [0.25, 0.3) is 10.4 Å². The van der Waals surface area contributed by atoms with Gasteiger partial charge in [-0.15, -0.1) is 5.92 Å². The highest BCUT2D eigenvalue weighted by Crippen LogP contribution is 2.67. The molecule has 0 aromatic heterocycles. The van der Waals surface area contributed by atoms with Crippen molar-refractivity contribution < 1.29 is 14.6 Å². The summed E-state index contributed by atoms with van der Waals surface area (Å²) in [7, 11) is 0. The molecule has 0 aromatic rings. The van der Waals surface area contributed by atoms with Crippen LogP contribution in [0.2, 0.25) is 0 Å². The second kappa shape index (κ2) is 8.06. The molecule has 1 saturated heterocycles. The summed E-state index contributed by atoms with van der Waals surface area (Å²) in [6, 6.07) is 0. The van der Waals surface area contributed by atoms with Gasteiger partial charge in [0.25, 0.3) is 0 Å². The molecule has 32 heavy (non-hydrogen) atoms. The molecule has 3 saturated carbocycles. The fourth-order valence-electron chi connectivity index (χ4n) is 8.06. The molecule has 4 fully saturated rings. The number of nitrogens with zero attached hydrogens (tertiary/aromatic N) is 3. The van der Waals surface area contributed by atoms with Crippen LogP contribution in [0.15, 0.2) is 16.8 Å². The van der Waals surface area contributed by atoms with Crippen molar-refractivity contribution in [3.63, 3.8) is 0 Å². The van der Waals surface area contributed by atoms with Crippen molar-refractivity contribution in [2.75, 3.05) is 19.8 Å². The Morgan fingerprint density at radius 1 is 1.16 bits per heavy atom. The molecule has 1 spiro atoms. The lowest BCUT2D eigenvalue weighted by Gasteiger charge is -2.59. The lowest BCUT2D eigenvalue weighted by atomic mass is 9.47. The van der Waals surface area contributed by atoms with Crippen molar-refractivity contribution in [3.8, 4) is 11.8 Å². The monoisotopic (exact) mass is 439 g/mol. The third kappa shape index (κ3) is 3.32. The van der Waals surface area contributed by atoms with Crippen molar-refractivity contribution in [2.24, 2.45) is 33.7 Å². The van der Waals surface area contributed by atoms with Gasteiger partial charge >= 0.3 is 0 Å². The van der Waals surface area contributed by atoms with Crippen LogP contribution in [-0.4, -0.2) is 36.3 Å². The number of allylic oxidation sites excluding steroid dienone is 1. The minimum absolute atomic E-state index is 0.138. The maximum Gasteiger partial charge on any atom is 0.172 e. The summed E-state index contributed by atoms with van der Waals surface area (Å²) in [5.41, 5.74) is 9.17. The van der Waals surface area contributed by atoms with Crippen LogP contribution in [0.5, 0.6) is 0 Å². The predicted molar refractivity (Wildman–Crippen MR) is 122 cm³/mol. The highest BCUT2D eigenvalue weighted by atomic mass is 16.7. The third-order valence-electron chi connectivity index (χ3n) is 9.99. The van der Waals surface area contributed by atoms with Crippen molar-refractivity contribution in [1.29, 1.82) is 0 Å². The van der Waals surface area contributed by atoms with E-state index in [2.05, 4.69) is 41.8 Å². The molecular weight excluding hydrogens is 402 g/mol. The van der Waals surface area contributed by atoms with Gasteiger partial charge in [-0.2, -0.15) is 0 Å². The van der Waals surface area contributed by atoms with E-state index in [1.807, 2.05) is 0 Å². The van der Waals surface area contributed by atoms with E-state index in [4.69, 9.17) is 15.0 Å². The second-order valence-electron chi connectivity index (χ2n) is 11.3. The van der Waals surface area contributed by atoms with E-state index in [1.54, 1.807) is 5.57 Å². The topological polar surface area (TPSA) is 87.5 Å². The van der Waals surface area contributed by atoms with Gasteiger partial charge in [-0.25, -0.2) is 0 Å². The lowest BCUT2D eigenvalue weighted by molar-refractivity contribution is -0.186. The second-order valence-corrected chi connectivity index (χ2v) is 11.3. The van der Waals surface area contributed by atoms with Crippen LogP contribution in [0, 0.1) is 40.4 Å². The molecule has 1 heterocycles. The zero-order valence-electron chi connectivity index (χ0n) is 19.6. The van der Waals surface area contributed by atoms with E-state index < -0.39 is 5.60 Å². The van der Waals surface area contributed by atoms with Gasteiger partial charge in [-0.1, -0.05) is 36.5 Å². The van der Waals surface area contributed by atoms with E-state index in [9.17, 15) is 5.11 Å². The first-order chi connectivity index (χ1) is 15.4. The molecule has 5 rings (SSSR count).